The Morgan fingerprint density at radius 1 is 1.30 bits per heavy atom. The average Bonchev–Trinajstić information content (AvgIpc) is 2.94. The van der Waals surface area contributed by atoms with Crippen LogP contribution in [0.2, 0.25) is 0 Å². The fourth-order valence-electron chi connectivity index (χ4n) is 2.82. The lowest BCUT2D eigenvalue weighted by molar-refractivity contribution is -0.140. The maximum Gasteiger partial charge on any atom is 0.325 e. The van der Waals surface area contributed by atoms with Gasteiger partial charge >= 0.3 is 5.97 Å². The van der Waals surface area contributed by atoms with Crippen molar-refractivity contribution >= 4 is 17.3 Å². The summed E-state index contributed by atoms with van der Waals surface area (Å²) in [5, 5.41) is 14.9. The predicted octanol–water partition coefficient (Wildman–Crippen LogP) is 3.54. The minimum atomic E-state index is -0.821. The highest BCUT2D eigenvalue weighted by molar-refractivity contribution is 7.10. The highest BCUT2D eigenvalue weighted by atomic mass is 32.1. The van der Waals surface area contributed by atoms with E-state index in [0.29, 0.717) is 0 Å². The SMILES string of the molecule is O=C(O)C(NC1CCCc2sccc21)c1ccccc1. The number of hydrogen-bond acceptors (Lipinski definition) is 3. The molecule has 0 amide bonds. The predicted molar refractivity (Wildman–Crippen MR) is 80.0 cm³/mol. The topological polar surface area (TPSA) is 49.3 Å². The third kappa shape index (κ3) is 2.62. The summed E-state index contributed by atoms with van der Waals surface area (Å²) >= 11 is 1.77. The van der Waals surface area contributed by atoms with Gasteiger partial charge in [0.1, 0.15) is 6.04 Å². The summed E-state index contributed by atoms with van der Waals surface area (Å²) in [4.78, 5) is 13.0. The second-order valence-electron chi connectivity index (χ2n) is 5.09. The fourth-order valence-corrected chi connectivity index (χ4v) is 3.80. The molecule has 0 saturated heterocycles. The van der Waals surface area contributed by atoms with Gasteiger partial charge in [0, 0.05) is 10.9 Å². The van der Waals surface area contributed by atoms with E-state index in [2.05, 4.69) is 16.8 Å². The molecule has 2 aromatic rings. The Labute approximate surface area is 122 Å². The van der Waals surface area contributed by atoms with Crippen molar-refractivity contribution in [2.75, 3.05) is 0 Å². The lowest BCUT2D eigenvalue weighted by Gasteiger charge is -2.27. The van der Waals surface area contributed by atoms with Crippen LogP contribution in [0.4, 0.5) is 0 Å². The van der Waals surface area contributed by atoms with Crippen molar-refractivity contribution in [3.63, 3.8) is 0 Å². The molecule has 4 heteroatoms. The van der Waals surface area contributed by atoms with E-state index in [9.17, 15) is 9.90 Å². The first-order chi connectivity index (χ1) is 9.75. The Morgan fingerprint density at radius 3 is 2.85 bits per heavy atom. The van der Waals surface area contributed by atoms with Crippen LogP contribution in [0.15, 0.2) is 41.8 Å². The molecule has 0 saturated carbocycles. The van der Waals surface area contributed by atoms with Crippen LogP contribution in [0, 0.1) is 0 Å². The Bertz CT molecular complexity index is 594. The van der Waals surface area contributed by atoms with E-state index in [0.717, 1.165) is 24.8 Å². The Balaban J connectivity index is 1.84. The fraction of sp³-hybridized carbons (Fsp3) is 0.312. The molecule has 104 valence electrons. The Kier molecular flexibility index (Phi) is 3.85. The van der Waals surface area contributed by atoms with Crippen LogP contribution < -0.4 is 5.32 Å². The molecule has 2 unspecified atom stereocenters. The number of fused-ring (bicyclic) bond motifs is 1. The first kappa shape index (κ1) is 13.3. The number of carboxylic acids is 1. The van der Waals surface area contributed by atoms with Gasteiger partial charge in [0.05, 0.1) is 0 Å². The van der Waals surface area contributed by atoms with Crippen molar-refractivity contribution in [3.05, 3.63) is 57.8 Å². The normalized spacial score (nSPS) is 19.3. The summed E-state index contributed by atoms with van der Waals surface area (Å²) in [5.41, 5.74) is 2.09. The van der Waals surface area contributed by atoms with Gasteiger partial charge < -0.3 is 5.11 Å². The number of nitrogens with one attached hydrogen (secondary N) is 1. The number of hydrogen-bond donors (Lipinski definition) is 2. The highest BCUT2D eigenvalue weighted by Gasteiger charge is 2.27. The molecule has 2 atom stereocenters. The number of rotatable bonds is 4. The lowest BCUT2D eigenvalue weighted by Crippen LogP contribution is -2.33. The maximum atomic E-state index is 11.6. The zero-order chi connectivity index (χ0) is 13.9. The molecule has 1 aromatic heterocycles. The molecule has 3 nitrogen and oxygen atoms in total. The minimum absolute atomic E-state index is 0.145. The van der Waals surface area contributed by atoms with Crippen molar-refractivity contribution in [2.24, 2.45) is 0 Å². The second kappa shape index (κ2) is 5.77. The van der Waals surface area contributed by atoms with Gasteiger partial charge in [0.15, 0.2) is 0 Å². The molecule has 0 spiro atoms. The summed E-state index contributed by atoms with van der Waals surface area (Å²) in [7, 11) is 0. The number of aliphatic carboxylic acids is 1. The molecule has 1 aliphatic rings. The summed E-state index contributed by atoms with van der Waals surface area (Å²) in [6.45, 7) is 0. The third-order valence-corrected chi connectivity index (χ3v) is 4.80. The quantitative estimate of drug-likeness (QED) is 0.904. The van der Waals surface area contributed by atoms with E-state index in [1.807, 2.05) is 30.3 Å². The van der Waals surface area contributed by atoms with Crippen molar-refractivity contribution in [3.8, 4) is 0 Å². The van der Waals surface area contributed by atoms with Crippen molar-refractivity contribution in [1.29, 1.82) is 0 Å². The number of carbonyl (C=O) groups is 1. The lowest BCUT2D eigenvalue weighted by atomic mass is 9.92. The van der Waals surface area contributed by atoms with E-state index in [4.69, 9.17) is 0 Å². The van der Waals surface area contributed by atoms with Crippen LogP contribution in [-0.4, -0.2) is 11.1 Å². The average molecular weight is 287 g/mol. The molecule has 0 radical (unpaired) electrons. The van der Waals surface area contributed by atoms with Gasteiger partial charge in [-0.15, -0.1) is 11.3 Å². The van der Waals surface area contributed by atoms with Gasteiger partial charge in [-0.25, -0.2) is 0 Å². The van der Waals surface area contributed by atoms with Crippen molar-refractivity contribution in [1.82, 2.24) is 5.32 Å². The molecular weight excluding hydrogens is 270 g/mol. The molecule has 0 fully saturated rings. The molecular formula is C16H17NO2S. The summed E-state index contributed by atoms with van der Waals surface area (Å²) in [5.74, 6) is -0.821. The number of carboxylic acid groups (broad SMARTS) is 1. The summed E-state index contributed by atoms with van der Waals surface area (Å²) < 4.78 is 0. The number of thiophene rings is 1. The van der Waals surface area contributed by atoms with E-state index >= 15 is 0 Å². The van der Waals surface area contributed by atoms with Crippen LogP contribution in [0.25, 0.3) is 0 Å². The first-order valence-electron chi connectivity index (χ1n) is 6.86. The van der Waals surface area contributed by atoms with Gasteiger partial charge in [-0.05, 0) is 41.8 Å². The van der Waals surface area contributed by atoms with Gasteiger partial charge in [-0.3, -0.25) is 10.1 Å². The van der Waals surface area contributed by atoms with Crippen LogP contribution in [0.5, 0.6) is 0 Å². The van der Waals surface area contributed by atoms with E-state index in [1.54, 1.807) is 11.3 Å². The maximum absolute atomic E-state index is 11.6. The molecule has 20 heavy (non-hydrogen) atoms. The smallest absolute Gasteiger partial charge is 0.325 e. The summed E-state index contributed by atoms with van der Waals surface area (Å²) in [6, 6.07) is 11.0. The third-order valence-electron chi connectivity index (χ3n) is 3.80. The van der Waals surface area contributed by atoms with Gasteiger partial charge in [-0.2, -0.15) is 0 Å². The first-order valence-corrected chi connectivity index (χ1v) is 7.74. The monoisotopic (exact) mass is 287 g/mol. The highest BCUT2D eigenvalue weighted by Crippen LogP contribution is 2.34. The zero-order valence-electron chi connectivity index (χ0n) is 11.1. The molecule has 1 aromatic carbocycles. The Morgan fingerprint density at radius 2 is 2.10 bits per heavy atom. The van der Waals surface area contributed by atoms with Crippen LogP contribution in [0.1, 0.15) is 40.9 Å². The van der Waals surface area contributed by atoms with Crippen LogP contribution in [0.3, 0.4) is 0 Å². The molecule has 3 rings (SSSR count). The molecule has 2 N–H and O–H groups in total. The van der Waals surface area contributed by atoms with Gasteiger partial charge in [0.25, 0.3) is 0 Å². The van der Waals surface area contributed by atoms with Crippen LogP contribution in [-0.2, 0) is 11.2 Å². The standard InChI is InChI=1S/C16H17NO2S/c18-16(19)15(11-5-2-1-3-6-11)17-13-7-4-8-14-12(13)9-10-20-14/h1-3,5-6,9-10,13,15,17H,4,7-8H2,(H,18,19). The number of benzene rings is 1. The van der Waals surface area contributed by atoms with Gasteiger partial charge in [0.2, 0.25) is 0 Å². The zero-order valence-corrected chi connectivity index (χ0v) is 11.9. The second-order valence-corrected chi connectivity index (χ2v) is 6.09. The largest absolute Gasteiger partial charge is 0.480 e. The summed E-state index contributed by atoms with van der Waals surface area (Å²) in [6.07, 6.45) is 3.24. The molecule has 0 aliphatic heterocycles. The van der Waals surface area contributed by atoms with Crippen LogP contribution >= 0.6 is 11.3 Å². The van der Waals surface area contributed by atoms with E-state index in [1.165, 1.54) is 10.4 Å². The Hall–Kier alpha value is -1.65. The molecule has 0 bridgehead atoms. The van der Waals surface area contributed by atoms with Crippen molar-refractivity contribution < 1.29 is 9.90 Å². The van der Waals surface area contributed by atoms with Gasteiger partial charge in [-0.1, -0.05) is 30.3 Å². The molecule has 1 aliphatic carbocycles. The van der Waals surface area contributed by atoms with E-state index < -0.39 is 12.0 Å². The minimum Gasteiger partial charge on any atom is -0.480 e. The molecule has 1 heterocycles. The van der Waals surface area contributed by atoms with Crippen molar-refractivity contribution in [2.45, 2.75) is 31.3 Å². The van der Waals surface area contributed by atoms with E-state index in [-0.39, 0.29) is 6.04 Å². The number of aryl methyl sites for hydroxylation is 1.